The van der Waals surface area contributed by atoms with Gasteiger partial charge in [-0.05, 0) is 62.7 Å². The first-order valence-corrected chi connectivity index (χ1v) is 11.6. The van der Waals surface area contributed by atoms with Gasteiger partial charge >= 0.3 is 12.1 Å². The molecule has 2 aliphatic rings. The molecule has 2 fully saturated rings. The van der Waals surface area contributed by atoms with Crippen LogP contribution in [0.1, 0.15) is 53.9 Å². The molecule has 0 aromatic heterocycles. The second-order valence-corrected chi connectivity index (χ2v) is 9.41. The predicted molar refractivity (Wildman–Crippen MR) is 130 cm³/mol. The number of nitrogens with zero attached hydrogens (tertiary/aromatic N) is 2. The predicted octanol–water partition coefficient (Wildman–Crippen LogP) is 3.56. The first kappa shape index (κ1) is 24.3. The first-order valence-electron chi connectivity index (χ1n) is 11.6. The van der Waals surface area contributed by atoms with E-state index in [1.165, 1.54) is 0 Å². The monoisotopic (exact) mass is 475 g/mol. The van der Waals surface area contributed by atoms with E-state index in [0.29, 0.717) is 38.4 Å². The highest BCUT2D eigenvalue weighted by atomic mass is 16.6. The van der Waals surface area contributed by atoms with Gasteiger partial charge in [0.25, 0.3) is 5.91 Å². The summed E-state index contributed by atoms with van der Waals surface area (Å²) in [6.07, 6.45) is -0.670. The maximum absolute atomic E-state index is 12.6. The van der Waals surface area contributed by atoms with Crippen molar-refractivity contribution in [2.45, 2.75) is 32.4 Å². The Bertz CT molecular complexity index is 1150. The summed E-state index contributed by atoms with van der Waals surface area (Å²) in [4.78, 5) is 40.2. The number of carbonyl (C=O) groups excluding carboxylic acids is 3. The second-order valence-electron chi connectivity index (χ2n) is 9.41. The third-order valence-electron chi connectivity index (χ3n) is 5.64. The number of nitrogens with one attached hydrogen (secondary N) is 1. The van der Waals surface area contributed by atoms with Gasteiger partial charge in [-0.1, -0.05) is 24.0 Å². The number of hydrogen-bond acceptors (Lipinski definition) is 5. The molecule has 35 heavy (non-hydrogen) atoms. The zero-order valence-electron chi connectivity index (χ0n) is 20.2. The fourth-order valence-electron chi connectivity index (χ4n) is 3.87. The summed E-state index contributed by atoms with van der Waals surface area (Å²) in [5, 5.41) is 2.70. The molecule has 2 saturated heterocycles. The highest BCUT2D eigenvalue weighted by Gasteiger charge is 2.39. The van der Waals surface area contributed by atoms with Crippen LogP contribution in [0.15, 0.2) is 48.5 Å². The van der Waals surface area contributed by atoms with Gasteiger partial charge in [-0.2, -0.15) is 0 Å². The van der Waals surface area contributed by atoms with E-state index in [-0.39, 0.29) is 5.91 Å². The van der Waals surface area contributed by atoms with Gasteiger partial charge in [-0.25, -0.2) is 14.5 Å². The quantitative estimate of drug-likeness (QED) is 0.671. The average Bonchev–Trinajstić information content (AvgIpc) is 3.24. The van der Waals surface area contributed by atoms with Gasteiger partial charge in [0, 0.05) is 36.3 Å². The maximum atomic E-state index is 12.6. The summed E-state index contributed by atoms with van der Waals surface area (Å²) < 4.78 is 10.7. The number of rotatable bonds is 2. The van der Waals surface area contributed by atoms with Crippen LogP contribution in [0.5, 0.6) is 0 Å². The van der Waals surface area contributed by atoms with Crippen molar-refractivity contribution in [1.29, 1.82) is 0 Å². The molecule has 182 valence electrons. The standard InChI is InChI=1S/C27H29N3O5/c1-27(2,3)35-26(33)30-23(18-28-25(30)32)21-10-6-19(7-11-21)4-5-20-8-12-22(13-9-20)24(31)29-14-16-34-17-15-29/h6-13,23H,14-18H2,1-3H3,(H,28,32). The highest BCUT2D eigenvalue weighted by molar-refractivity contribution is 5.94. The van der Waals surface area contributed by atoms with Crippen molar-refractivity contribution in [3.63, 3.8) is 0 Å². The van der Waals surface area contributed by atoms with Gasteiger partial charge in [0.05, 0.1) is 19.3 Å². The Kier molecular flexibility index (Phi) is 7.08. The fraction of sp³-hybridized carbons (Fsp3) is 0.370. The molecule has 0 bridgehead atoms. The Balaban J connectivity index is 1.42. The number of hydrogen-bond donors (Lipinski definition) is 1. The van der Waals surface area contributed by atoms with Gasteiger partial charge in [0.15, 0.2) is 0 Å². The number of morpholine rings is 1. The zero-order valence-corrected chi connectivity index (χ0v) is 20.2. The molecule has 2 aliphatic heterocycles. The Hall–Kier alpha value is -3.83. The number of ether oxygens (including phenoxy) is 2. The van der Waals surface area contributed by atoms with E-state index in [9.17, 15) is 14.4 Å². The lowest BCUT2D eigenvalue weighted by molar-refractivity contribution is 0.0295. The molecule has 1 unspecified atom stereocenters. The van der Waals surface area contributed by atoms with Gasteiger partial charge < -0.3 is 19.7 Å². The maximum Gasteiger partial charge on any atom is 0.419 e. The summed E-state index contributed by atoms with van der Waals surface area (Å²) >= 11 is 0. The van der Waals surface area contributed by atoms with E-state index in [1.54, 1.807) is 37.8 Å². The van der Waals surface area contributed by atoms with E-state index in [2.05, 4.69) is 17.2 Å². The lowest BCUT2D eigenvalue weighted by Gasteiger charge is -2.26. The van der Waals surface area contributed by atoms with Crippen LogP contribution in [-0.4, -0.2) is 66.3 Å². The van der Waals surface area contributed by atoms with Crippen molar-refractivity contribution in [3.8, 4) is 11.8 Å². The Morgan fingerprint density at radius 3 is 2.11 bits per heavy atom. The highest BCUT2D eigenvalue weighted by Crippen LogP contribution is 2.27. The number of imide groups is 1. The third kappa shape index (κ3) is 6.00. The number of amides is 4. The summed E-state index contributed by atoms with van der Waals surface area (Å²) in [6, 6.07) is 13.8. The van der Waals surface area contributed by atoms with Crippen molar-refractivity contribution in [2.24, 2.45) is 0 Å². The SMILES string of the molecule is CC(C)(C)OC(=O)N1C(=O)NCC1c1ccc(C#Cc2ccc(C(=O)N3CCOCC3)cc2)cc1. The molecule has 1 N–H and O–H groups in total. The molecule has 8 nitrogen and oxygen atoms in total. The van der Waals surface area contributed by atoms with Gasteiger partial charge in [-0.15, -0.1) is 0 Å². The minimum Gasteiger partial charge on any atom is -0.443 e. The topological polar surface area (TPSA) is 88.2 Å². The Labute approximate surface area is 205 Å². The number of carbonyl (C=O) groups is 3. The van der Waals surface area contributed by atoms with Crippen LogP contribution in [0.4, 0.5) is 9.59 Å². The normalized spacial score (nSPS) is 17.9. The largest absolute Gasteiger partial charge is 0.443 e. The summed E-state index contributed by atoms with van der Waals surface area (Å²) in [6.45, 7) is 7.96. The van der Waals surface area contributed by atoms with Crippen LogP contribution >= 0.6 is 0 Å². The van der Waals surface area contributed by atoms with Crippen LogP contribution in [-0.2, 0) is 9.47 Å². The average molecular weight is 476 g/mol. The molecular formula is C27H29N3O5. The third-order valence-corrected chi connectivity index (χ3v) is 5.64. The molecule has 2 aromatic carbocycles. The van der Waals surface area contributed by atoms with E-state index in [0.717, 1.165) is 21.6 Å². The molecule has 0 radical (unpaired) electrons. The van der Waals surface area contributed by atoms with Crippen LogP contribution in [0.3, 0.4) is 0 Å². The van der Waals surface area contributed by atoms with Crippen LogP contribution in [0.2, 0.25) is 0 Å². The summed E-state index contributed by atoms with van der Waals surface area (Å²) in [5.41, 5.74) is 2.34. The van der Waals surface area contributed by atoms with Crippen LogP contribution in [0.25, 0.3) is 0 Å². The molecule has 4 amide bonds. The van der Waals surface area contributed by atoms with E-state index in [4.69, 9.17) is 9.47 Å². The van der Waals surface area contributed by atoms with Crippen molar-refractivity contribution >= 4 is 18.0 Å². The molecule has 2 heterocycles. The van der Waals surface area contributed by atoms with Crippen molar-refractivity contribution < 1.29 is 23.9 Å². The molecular weight excluding hydrogens is 446 g/mol. The second kappa shape index (κ2) is 10.2. The van der Waals surface area contributed by atoms with E-state index in [1.807, 2.05) is 36.4 Å². The lowest BCUT2D eigenvalue weighted by atomic mass is 10.0. The minimum absolute atomic E-state index is 0.00343. The van der Waals surface area contributed by atoms with Crippen molar-refractivity contribution in [3.05, 3.63) is 70.8 Å². The Morgan fingerprint density at radius 2 is 1.54 bits per heavy atom. The lowest BCUT2D eigenvalue weighted by Crippen LogP contribution is -2.40. The molecule has 2 aromatic rings. The minimum atomic E-state index is -0.696. The molecule has 0 spiro atoms. The first-order chi connectivity index (χ1) is 16.7. The molecule has 8 heteroatoms. The summed E-state index contributed by atoms with van der Waals surface area (Å²) in [7, 11) is 0. The van der Waals surface area contributed by atoms with Crippen molar-refractivity contribution in [2.75, 3.05) is 32.8 Å². The van der Waals surface area contributed by atoms with E-state index < -0.39 is 23.8 Å². The van der Waals surface area contributed by atoms with Gasteiger partial charge in [0.1, 0.15) is 5.60 Å². The van der Waals surface area contributed by atoms with Gasteiger partial charge in [-0.3, -0.25) is 4.79 Å². The van der Waals surface area contributed by atoms with Crippen molar-refractivity contribution in [1.82, 2.24) is 15.1 Å². The van der Waals surface area contributed by atoms with Crippen LogP contribution in [0, 0.1) is 11.8 Å². The summed E-state index contributed by atoms with van der Waals surface area (Å²) in [5.74, 6) is 6.23. The molecule has 4 rings (SSSR count). The molecule has 0 aliphatic carbocycles. The zero-order chi connectivity index (χ0) is 25.0. The smallest absolute Gasteiger partial charge is 0.419 e. The number of urea groups is 1. The van der Waals surface area contributed by atoms with E-state index >= 15 is 0 Å². The fourth-order valence-corrected chi connectivity index (χ4v) is 3.87. The molecule has 0 saturated carbocycles. The van der Waals surface area contributed by atoms with Crippen LogP contribution < -0.4 is 5.32 Å². The Morgan fingerprint density at radius 1 is 0.971 bits per heavy atom. The number of benzene rings is 2. The molecule has 1 atom stereocenters. The van der Waals surface area contributed by atoms with Gasteiger partial charge in [0.2, 0.25) is 0 Å².